The van der Waals surface area contributed by atoms with Gasteiger partial charge < -0.3 is 15.0 Å². The van der Waals surface area contributed by atoms with Gasteiger partial charge in [0.2, 0.25) is 0 Å². The largest absolute Gasteiger partial charge is 0.464 e. The van der Waals surface area contributed by atoms with Crippen molar-refractivity contribution in [2.24, 2.45) is 0 Å². The molecule has 6 nitrogen and oxygen atoms in total. The third kappa shape index (κ3) is 2.71. The number of H-pyrrole nitrogens is 1. The molecule has 2 aromatic rings. The van der Waals surface area contributed by atoms with Crippen LogP contribution in [0.25, 0.3) is 0 Å². The Hall–Kier alpha value is -2.24. The molecule has 0 aliphatic rings. The lowest BCUT2D eigenvalue weighted by Crippen LogP contribution is -2.03. The molecule has 0 aliphatic carbocycles. The lowest BCUT2D eigenvalue weighted by atomic mass is 10.4. The zero-order valence-corrected chi connectivity index (χ0v) is 10.4. The van der Waals surface area contributed by atoms with Crippen molar-refractivity contribution in [3.05, 3.63) is 35.9 Å². The molecule has 0 atom stereocenters. The van der Waals surface area contributed by atoms with Gasteiger partial charge in [-0.25, -0.2) is 4.79 Å². The number of ether oxygens (including phenoxy) is 1. The first-order valence-corrected chi connectivity index (χ1v) is 5.75. The van der Waals surface area contributed by atoms with Crippen LogP contribution < -0.4 is 5.32 Å². The molecule has 2 N–H and O–H groups in total. The number of carbonyl (C=O) groups is 1. The van der Waals surface area contributed by atoms with Crippen LogP contribution in [0.4, 0.5) is 5.69 Å². The zero-order valence-electron chi connectivity index (χ0n) is 10.4. The molecule has 2 rings (SSSR count). The van der Waals surface area contributed by atoms with Crippen molar-refractivity contribution < 1.29 is 9.53 Å². The quantitative estimate of drug-likeness (QED) is 0.789. The topological polar surface area (TPSA) is 71.9 Å². The van der Waals surface area contributed by atoms with E-state index in [0.29, 0.717) is 12.2 Å². The summed E-state index contributed by atoms with van der Waals surface area (Å²) in [5.74, 6) is -0.361. The first-order valence-electron chi connectivity index (χ1n) is 5.75. The summed E-state index contributed by atoms with van der Waals surface area (Å²) in [5.41, 5.74) is 2.32. The van der Waals surface area contributed by atoms with Crippen LogP contribution in [0.5, 0.6) is 0 Å². The third-order valence-corrected chi connectivity index (χ3v) is 2.59. The minimum absolute atomic E-state index is 0.361. The van der Waals surface area contributed by atoms with Gasteiger partial charge >= 0.3 is 5.97 Å². The smallest absolute Gasteiger partial charge is 0.354 e. The predicted molar refractivity (Wildman–Crippen MR) is 67.4 cm³/mol. The van der Waals surface area contributed by atoms with Crippen LogP contribution in [0, 0.1) is 0 Å². The van der Waals surface area contributed by atoms with Crippen LogP contribution in [-0.2, 0) is 17.8 Å². The first kappa shape index (κ1) is 12.2. The fourth-order valence-electron chi connectivity index (χ4n) is 1.60. The van der Waals surface area contributed by atoms with E-state index in [-0.39, 0.29) is 5.97 Å². The zero-order chi connectivity index (χ0) is 13.0. The summed E-state index contributed by atoms with van der Waals surface area (Å²) in [6.07, 6.45) is 3.71. The van der Waals surface area contributed by atoms with Gasteiger partial charge in [0.1, 0.15) is 5.69 Å². The van der Waals surface area contributed by atoms with Gasteiger partial charge in [-0.05, 0) is 19.1 Å². The number of methoxy groups -OCH3 is 1. The monoisotopic (exact) mass is 248 g/mol. The minimum atomic E-state index is -0.361. The second-order valence-electron chi connectivity index (χ2n) is 3.83. The summed E-state index contributed by atoms with van der Waals surface area (Å²) in [4.78, 5) is 14.2. The Morgan fingerprint density at radius 1 is 1.56 bits per heavy atom. The number of aromatic nitrogens is 3. The van der Waals surface area contributed by atoms with Crippen molar-refractivity contribution >= 4 is 11.7 Å². The molecule has 0 bridgehead atoms. The summed E-state index contributed by atoms with van der Waals surface area (Å²) in [7, 11) is 1.36. The standard InChI is InChI=1S/C12H16N4O2/c1-3-16-8-10(7-14-16)13-6-9-4-5-11(15-9)12(17)18-2/h4-5,7-8,13,15H,3,6H2,1-2H3. The molecule has 0 saturated heterocycles. The highest BCUT2D eigenvalue weighted by Crippen LogP contribution is 2.08. The molecule has 0 amide bonds. The number of hydrogen-bond donors (Lipinski definition) is 2. The summed E-state index contributed by atoms with van der Waals surface area (Å²) in [6, 6.07) is 3.56. The van der Waals surface area contributed by atoms with Gasteiger partial charge in [0, 0.05) is 18.4 Å². The summed E-state index contributed by atoms with van der Waals surface area (Å²) in [5, 5.41) is 7.38. The lowest BCUT2D eigenvalue weighted by molar-refractivity contribution is 0.0594. The fourth-order valence-corrected chi connectivity index (χ4v) is 1.60. The number of nitrogens with one attached hydrogen (secondary N) is 2. The number of aryl methyl sites for hydroxylation is 1. The second-order valence-corrected chi connectivity index (χ2v) is 3.83. The fraction of sp³-hybridized carbons (Fsp3) is 0.333. The van der Waals surface area contributed by atoms with E-state index in [9.17, 15) is 4.79 Å². The van der Waals surface area contributed by atoms with Gasteiger partial charge in [-0.3, -0.25) is 4.68 Å². The second kappa shape index (κ2) is 5.39. The Kier molecular flexibility index (Phi) is 3.66. The maximum Gasteiger partial charge on any atom is 0.354 e. The van der Waals surface area contributed by atoms with E-state index in [1.54, 1.807) is 12.3 Å². The molecule has 0 unspecified atom stereocenters. The Balaban J connectivity index is 1.93. The number of anilines is 1. The highest BCUT2D eigenvalue weighted by molar-refractivity contribution is 5.87. The van der Waals surface area contributed by atoms with Crippen molar-refractivity contribution in [3.63, 3.8) is 0 Å². The maximum absolute atomic E-state index is 11.3. The van der Waals surface area contributed by atoms with Gasteiger partial charge in [-0.15, -0.1) is 0 Å². The van der Waals surface area contributed by atoms with Crippen LogP contribution in [-0.4, -0.2) is 27.8 Å². The normalized spacial score (nSPS) is 10.3. The van der Waals surface area contributed by atoms with Crippen LogP contribution in [0.1, 0.15) is 23.1 Å². The van der Waals surface area contributed by atoms with Crippen LogP contribution >= 0.6 is 0 Å². The van der Waals surface area contributed by atoms with Crippen LogP contribution in [0.2, 0.25) is 0 Å². The molecule has 0 aromatic carbocycles. The van der Waals surface area contributed by atoms with Gasteiger partial charge in [0.25, 0.3) is 0 Å². The van der Waals surface area contributed by atoms with Crippen LogP contribution in [0.3, 0.4) is 0 Å². The SMILES string of the molecule is CCn1cc(NCc2ccc(C(=O)OC)[nH]2)cn1. The molecule has 2 aromatic heterocycles. The average Bonchev–Trinajstić information content (AvgIpc) is 3.04. The third-order valence-electron chi connectivity index (χ3n) is 2.59. The van der Waals surface area contributed by atoms with E-state index in [4.69, 9.17) is 0 Å². The predicted octanol–water partition coefficient (Wildman–Crippen LogP) is 1.63. The minimum Gasteiger partial charge on any atom is -0.464 e. The average molecular weight is 248 g/mol. The van der Waals surface area contributed by atoms with Gasteiger partial charge in [0.15, 0.2) is 0 Å². The molecular formula is C12H16N4O2. The van der Waals surface area contributed by atoms with Crippen molar-refractivity contribution in [1.82, 2.24) is 14.8 Å². The molecule has 2 heterocycles. The van der Waals surface area contributed by atoms with E-state index in [2.05, 4.69) is 20.1 Å². The van der Waals surface area contributed by atoms with E-state index in [0.717, 1.165) is 17.9 Å². The van der Waals surface area contributed by atoms with Crippen LogP contribution in [0.15, 0.2) is 24.5 Å². The van der Waals surface area contributed by atoms with E-state index in [1.165, 1.54) is 7.11 Å². The summed E-state index contributed by atoms with van der Waals surface area (Å²) < 4.78 is 6.47. The molecule has 0 aliphatic heterocycles. The number of nitrogens with zero attached hydrogens (tertiary/aromatic N) is 2. The highest BCUT2D eigenvalue weighted by Gasteiger charge is 2.07. The number of carbonyl (C=O) groups excluding carboxylic acids is 1. The number of aromatic amines is 1. The Morgan fingerprint density at radius 3 is 3.06 bits per heavy atom. The van der Waals surface area contributed by atoms with Gasteiger partial charge in [-0.1, -0.05) is 0 Å². The first-order chi connectivity index (χ1) is 8.72. The molecule has 0 spiro atoms. The Bertz CT molecular complexity index is 530. The Morgan fingerprint density at radius 2 is 2.39 bits per heavy atom. The van der Waals surface area contributed by atoms with E-state index >= 15 is 0 Å². The van der Waals surface area contributed by atoms with Crippen molar-refractivity contribution in [2.75, 3.05) is 12.4 Å². The Labute approximate surface area is 105 Å². The van der Waals surface area contributed by atoms with Gasteiger partial charge in [-0.2, -0.15) is 5.10 Å². The maximum atomic E-state index is 11.3. The molecular weight excluding hydrogens is 232 g/mol. The highest BCUT2D eigenvalue weighted by atomic mass is 16.5. The number of esters is 1. The van der Waals surface area contributed by atoms with Crippen molar-refractivity contribution in [3.8, 4) is 0 Å². The van der Waals surface area contributed by atoms with E-state index < -0.39 is 0 Å². The van der Waals surface area contributed by atoms with Crippen molar-refractivity contribution in [1.29, 1.82) is 0 Å². The van der Waals surface area contributed by atoms with E-state index in [1.807, 2.05) is 23.9 Å². The molecule has 0 radical (unpaired) electrons. The number of rotatable bonds is 5. The lowest BCUT2D eigenvalue weighted by Gasteiger charge is -2.01. The summed E-state index contributed by atoms with van der Waals surface area (Å²) >= 11 is 0. The molecule has 6 heteroatoms. The summed E-state index contributed by atoms with van der Waals surface area (Å²) in [6.45, 7) is 3.48. The molecule has 0 saturated carbocycles. The molecule has 96 valence electrons. The molecule has 18 heavy (non-hydrogen) atoms. The van der Waals surface area contributed by atoms with Gasteiger partial charge in [0.05, 0.1) is 25.5 Å². The number of hydrogen-bond acceptors (Lipinski definition) is 4. The van der Waals surface area contributed by atoms with Crippen molar-refractivity contribution in [2.45, 2.75) is 20.0 Å². The molecule has 0 fully saturated rings.